The van der Waals surface area contributed by atoms with Crippen molar-refractivity contribution in [1.82, 2.24) is 9.88 Å². The molecule has 0 fully saturated rings. The second kappa shape index (κ2) is 6.48. The van der Waals surface area contributed by atoms with Gasteiger partial charge in [-0.05, 0) is 29.5 Å². The second-order valence-corrected chi connectivity index (χ2v) is 5.47. The first kappa shape index (κ1) is 15.0. The van der Waals surface area contributed by atoms with Gasteiger partial charge in [0.05, 0.1) is 0 Å². The molecule has 2 aromatic carbocycles. The van der Waals surface area contributed by atoms with Crippen molar-refractivity contribution < 1.29 is 4.79 Å². The highest BCUT2D eigenvalue weighted by atomic mass is 16.2. The zero-order valence-corrected chi connectivity index (χ0v) is 13.0. The molecule has 1 amide bonds. The average molecular weight is 306 g/mol. The number of benzene rings is 2. The van der Waals surface area contributed by atoms with Crippen molar-refractivity contribution in [2.75, 3.05) is 6.54 Å². The molecule has 0 bridgehead atoms. The Morgan fingerprint density at radius 1 is 1.04 bits per heavy atom. The van der Waals surface area contributed by atoms with Crippen LogP contribution >= 0.6 is 0 Å². The van der Waals surface area contributed by atoms with Gasteiger partial charge >= 0.3 is 0 Å². The maximum atomic E-state index is 12.4. The van der Waals surface area contributed by atoms with E-state index in [0.717, 1.165) is 11.8 Å². The molecule has 0 aliphatic carbocycles. The van der Waals surface area contributed by atoms with E-state index in [-0.39, 0.29) is 11.5 Å². The largest absolute Gasteiger partial charge is 0.350 e. The molecule has 0 spiro atoms. The van der Waals surface area contributed by atoms with Gasteiger partial charge in [0.2, 0.25) is 0 Å². The highest BCUT2D eigenvalue weighted by Crippen LogP contribution is 2.11. The van der Waals surface area contributed by atoms with Gasteiger partial charge in [0.25, 0.3) is 11.5 Å². The fourth-order valence-corrected chi connectivity index (χ4v) is 2.63. The molecular weight excluding hydrogens is 288 g/mol. The van der Waals surface area contributed by atoms with E-state index in [9.17, 15) is 9.59 Å². The summed E-state index contributed by atoms with van der Waals surface area (Å²) in [5.41, 5.74) is 1.39. The highest BCUT2D eigenvalue weighted by Gasteiger charge is 2.12. The summed E-state index contributed by atoms with van der Waals surface area (Å²) in [5.74, 6) is -0.230. The van der Waals surface area contributed by atoms with E-state index in [1.165, 1.54) is 10.1 Å². The number of pyridine rings is 1. The number of aromatic nitrogens is 1. The van der Waals surface area contributed by atoms with Crippen molar-refractivity contribution in [2.24, 2.45) is 7.05 Å². The quantitative estimate of drug-likeness (QED) is 0.805. The predicted molar refractivity (Wildman–Crippen MR) is 91.7 cm³/mol. The Bertz CT molecular complexity index is 898. The molecule has 3 aromatic rings. The summed E-state index contributed by atoms with van der Waals surface area (Å²) in [4.78, 5) is 24.7. The van der Waals surface area contributed by atoms with Crippen LogP contribution in [0.5, 0.6) is 0 Å². The van der Waals surface area contributed by atoms with Crippen LogP contribution in [0.2, 0.25) is 0 Å². The van der Waals surface area contributed by atoms with Crippen LogP contribution in [-0.2, 0) is 13.5 Å². The van der Waals surface area contributed by atoms with Gasteiger partial charge in [0.1, 0.15) is 5.69 Å². The minimum absolute atomic E-state index is 0.156. The Morgan fingerprint density at radius 3 is 2.52 bits per heavy atom. The molecule has 1 N–H and O–H groups in total. The van der Waals surface area contributed by atoms with Crippen LogP contribution in [0.1, 0.15) is 16.1 Å². The van der Waals surface area contributed by atoms with Crippen LogP contribution in [0.15, 0.2) is 65.5 Å². The third kappa shape index (κ3) is 3.16. The van der Waals surface area contributed by atoms with E-state index in [0.29, 0.717) is 17.6 Å². The van der Waals surface area contributed by atoms with Crippen molar-refractivity contribution in [3.63, 3.8) is 0 Å². The lowest BCUT2D eigenvalue weighted by atomic mass is 10.1. The second-order valence-electron chi connectivity index (χ2n) is 5.47. The SMILES string of the molecule is Cn1c(C(=O)NCCc2ccccc2)cc2ccccc2c1=O. The van der Waals surface area contributed by atoms with Gasteiger partial charge in [-0.2, -0.15) is 0 Å². The van der Waals surface area contributed by atoms with Gasteiger partial charge in [-0.15, -0.1) is 0 Å². The number of hydrogen-bond donors (Lipinski definition) is 1. The minimum Gasteiger partial charge on any atom is -0.350 e. The zero-order chi connectivity index (χ0) is 16.2. The Kier molecular flexibility index (Phi) is 4.24. The topological polar surface area (TPSA) is 51.1 Å². The lowest BCUT2D eigenvalue weighted by molar-refractivity contribution is 0.0945. The summed E-state index contributed by atoms with van der Waals surface area (Å²) in [6, 6.07) is 19.0. The summed E-state index contributed by atoms with van der Waals surface area (Å²) in [5, 5.41) is 4.28. The van der Waals surface area contributed by atoms with Crippen molar-refractivity contribution in [3.05, 3.63) is 82.3 Å². The number of hydrogen-bond acceptors (Lipinski definition) is 2. The van der Waals surface area contributed by atoms with Crippen molar-refractivity contribution in [2.45, 2.75) is 6.42 Å². The molecule has 116 valence electrons. The molecule has 3 rings (SSSR count). The molecule has 0 saturated carbocycles. The van der Waals surface area contributed by atoms with Gasteiger partial charge in [-0.25, -0.2) is 0 Å². The normalized spacial score (nSPS) is 10.7. The Hall–Kier alpha value is -2.88. The number of nitrogens with one attached hydrogen (secondary N) is 1. The van der Waals surface area contributed by atoms with Gasteiger partial charge in [0, 0.05) is 19.0 Å². The standard InChI is InChI=1S/C19H18N2O2/c1-21-17(13-15-9-5-6-10-16(15)19(21)23)18(22)20-12-11-14-7-3-2-4-8-14/h2-10,13H,11-12H2,1H3,(H,20,22). The first-order valence-corrected chi connectivity index (χ1v) is 7.58. The molecule has 1 aromatic heterocycles. The van der Waals surface area contributed by atoms with E-state index >= 15 is 0 Å². The molecule has 4 heteroatoms. The van der Waals surface area contributed by atoms with Crippen LogP contribution in [0.3, 0.4) is 0 Å². The Labute approximate surface area is 134 Å². The molecule has 0 saturated heterocycles. The minimum atomic E-state index is -0.230. The van der Waals surface area contributed by atoms with E-state index in [2.05, 4.69) is 5.32 Å². The van der Waals surface area contributed by atoms with Crippen LogP contribution in [0, 0.1) is 0 Å². The molecule has 4 nitrogen and oxygen atoms in total. The van der Waals surface area contributed by atoms with Crippen molar-refractivity contribution in [3.8, 4) is 0 Å². The maximum absolute atomic E-state index is 12.4. The van der Waals surface area contributed by atoms with E-state index in [1.807, 2.05) is 48.5 Å². The Morgan fingerprint density at radius 2 is 1.74 bits per heavy atom. The average Bonchev–Trinajstić information content (AvgIpc) is 2.59. The number of carbonyl (C=O) groups is 1. The van der Waals surface area contributed by atoms with Gasteiger partial charge < -0.3 is 9.88 Å². The molecular formula is C19H18N2O2. The van der Waals surface area contributed by atoms with Gasteiger partial charge in [-0.3, -0.25) is 9.59 Å². The van der Waals surface area contributed by atoms with Crippen LogP contribution < -0.4 is 10.9 Å². The van der Waals surface area contributed by atoms with Crippen molar-refractivity contribution in [1.29, 1.82) is 0 Å². The fraction of sp³-hybridized carbons (Fsp3) is 0.158. The summed E-state index contributed by atoms with van der Waals surface area (Å²) >= 11 is 0. The lowest BCUT2D eigenvalue weighted by Crippen LogP contribution is -2.32. The Balaban J connectivity index is 1.78. The summed E-state index contributed by atoms with van der Waals surface area (Å²) < 4.78 is 1.40. The van der Waals surface area contributed by atoms with Crippen LogP contribution in [-0.4, -0.2) is 17.0 Å². The highest BCUT2D eigenvalue weighted by molar-refractivity contribution is 5.96. The van der Waals surface area contributed by atoms with E-state index < -0.39 is 0 Å². The maximum Gasteiger partial charge on any atom is 0.268 e. The first-order chi connectivity index (χ1) is 11.2. The predicted octanol–water partition coefficient (Wildman–Crippen LogP) is 2.51. The molecule has 1 heterocycles. The lowest BCUT2D eigenvalue weighted by Gasteiger charge is -2.10. The number of fused-ring (bicyclic) bond motifs is 1. The van der Waals surface area contributed by atoms with Gasteiger partial charge in [-0.1, -0.05) is 48.5 Å². The summed E-state index contributed by atoms with van der Waals surface area (Å²) in [7, 11) is 1.63. The number of nitrogens with zero attached hydrogens (tertiary/aromatic N) is 1. The third-order valence-corrected chi connectivity index (χ3v) is 3.92. The first-order valence-electron chi connectivity index (χ1n) is 7.58. The van der Waals surface area contributed by atoms with Gasteiger partial charge in [0.15, 0.2) is 0 Å². The monoisotopic (exact) mass is 306 g/mol. The zero-order valence-electron chi connectivity index (χ0n) is 13.0. The number of rotatable bonds is 4. The van der Waals surface area contributed by atoms with Crippen LogP contribution in [0.25, 0.3) is 10.8 Å². The molecule has 0 aliphatic rings. The van der Waals surface area contributed by atoms with Crippen molar-refractivity contribution >= 4 is 16.7 Å². The number of carbonyl (C=O) groups excluding carboxylic acids is 1. The molecule has 0 radical (unpaired) electrons. The smallest absolute Gasteiger partial charge is 0.268 e. The third-order valence-electron chi connectivity index (χ3n) is 3.92. The molecule has 0 unspecified atom stereocenters. The van der Waals surface area contributed by atoms with E-state index in [4.69, 9.17) is 0 Å². The fourth-order valence-electron chi connectivity index (χ4n) is 2.63. The van der Waals surface area contributed by atoms with E-state index in [1.54, 1.807) is 19.2 Å². The summed E-state index contributed by atoms with van der Waals surface area (Å²) in [6.45, 7) is 0.532. The molecule has 0 aliphatic heterocycles. The molecule has 0 atom stereocenters. The van der Waals surface area contributed by atoms with Crippen LogP contribution in [0.4, 0.5) is 0 Å². The summed E-state index contributed by atoms with van der Waals surface area (Å²) in [6.07, 6.45) is 0.758. The number of amides is 1. The molecule has 23 heavy (non-hydrogen) atoms.